The summed E-state index contributed by atoms with van der Waals surface area (Å²) in [4.78, 5) is 25.9. The van der Waals surface area contributed by atoms with Crippen LogP contribution in [0.15, 0.2) is 41.2 Å². The standard InChI is InChI=1S/C16H11ClFN3O4/c1-25-12-6-5-8(7-9(12)15(22)23)21-16(24)19-14(20-21)13-10(17)3-2-4-11(13)18/h2-7H,1H3,(H,22,23)(H,19,20,24). The van der Waals surface area contributed by atoms with E-state index in [2.05, 4.69) is 10.1 Å². The number of hydrogen-bond acceptors (Lipinski definition) is 4. The van der Waals surface area contributed by atoms with Crippen molar-refractivity contribution < 1.29 is 19.0 Å². The van der Waals surface area contributed by atoms with Gasteiger partial charge in [0.2, 0.25) is 0 Å². The van der Waals surface area contributed by atoms with Crippen molar-refractivity contribution in [3.8, 4) is 22.8 Å². The maximum atomic E-state index is 14.0. The highest BCUT2D eigenvalue weighted by atomic mass is 35.5. The Balaban J connectivity index is 2.15. The molecule has 0 saturated heterocycles. The van der Waals surface area contributed by atoms with E-state index in [0.29, 0.717) is 0 Å². The van der Waals surface area contributed by atoms with Crippen LogP contribution in [0, 0.1) is 5.82 Å². The number of carbonyl (C=O) groups is 1. The lowest BCUT2D eigenvalue weighted by atomic mass is 10.2. The molecule has 0 aliphatic heterocycles. The summed E-state index contributed by atoms with van der Waals surface area (Å²) >= 11 is 5.97. The highest BCUT2D eigenvalue weighted by Crippen LogP contribution is 2.28. The fraction of sp³-hybridized carbons (Fsp3) is 0.0625. The van der Waals surface area contributed by atoms with E-state index >= 15 is 0 Å². The van der Waals surface area contributed by atoms with Crippen molar-refractivity contribution in [1.82, 2.24) is 14.8 Å². The number of halogens is 2. The molecule has 0 aliphatic rings. The Morgan fingerprint density at radius 2 is 2.12 bits per heavy atom. The first-order chi connectivity index (χ1) is 11.9. The van der Waals surface area contributed by atoms with Crippen LogP contribution in [0.1, 0.15) is 10.4 Å². The summed E-state index contributed by atoms with van der Waals surface area (Å²) in [7, 11) is 1.33. The quantitative estimate of drug-likeness (QED) is 0.742. The predicted octanol–water partition coefficient (Wildman–Crippen LogP) is 2.73. The highest BCUT2D eigenvalue weighted by Gasteiger charge is 2.18. The molecule has 1 aromatic heterocycles. The number of aromatic carboxylic acids is 1. The van der Waals surface area contributed by atoms with E-state index in [4.69, 9.17) is 16.3 Å². The van der Waals surface area contributed by atoms with Crippen molar-refractivity contribution in [3.05, 3.63) is 63.3 Å². The third-order valence-electron chi connectivity index (χ3n) is 3.48. The number of aromatic nitrogens is 3. The molecule has 0 spiro atoms. The SMILES string of the molecule is COc1ccc(-n2nc(-c3c(F)cccc3Cl)[nH]c2=O)cc1C(=O)O. The van der Waals surface area contributed by atoms with Gasteiger partial charge in [-0.2, -0.15) is 4.68 Å². The molecule has 25 heavy (non-hydrogen) atoms. The van der Waals surface area contributed by atoms with E-state index in [-0.39, 0.29) is 33.4 Å². The topological polar surface area (TPSA) is 97.2 Å². The normalized spacial score (nSPS) is 10.7. The number of carboxylic acids is 1. The zero-order chi connectivity index (χ0) is 18.1. The van der Waals surface area contributed by atoms with Crippen LogP contribution in [0.5, 0.6) is 5.75 Å². The molecular weight excluding hydrogens is 353 g/mol. The second kappa shape index (κ2) is 6.40. The minimum absolute atomic E-state index is 0.0491. The molecule has 0 radical (unpaired) electrons. The largest absolute Gasteiger partial charge is 0.496 e. The van der Waals surface area contributed by atoms with Gasteiger partial charge in [0.25, 0.3) is 0 Å². The van der Waals surface area contributed by atoms with Gasteiger partial charge in [0.1, 0.15) is 17.1 Å². The Hall–Kier alpha value is -3.13. The number of nitrogens with one attached hydrogen (secondary N) is 1. The van der Waals surface area contributed by atoms with Crippen LogP contribution < -0.4 is 10.4 Å². The molecule has 9 heteroatoms. The molecule has 0 bridgehead atoms. The summed E-state index contributed by atoms with van der Waals surface area (Å²) in [6, 6.07) is 8.17. The van der Waals surface area contributed by atoms with Gasteiger partial charge in [0.05, 0.1) is 23.4 Å². The van der Waals surface area contributed by atoms with Crippen LogP contribution in [0.2, 0.25) is 5.02 Å². The monoisotopic (exact) mass is 363 g/mol. The number of hydrogen-bond donors (Lipinski definition) is 2. The van der Waals surface area contributed by atoms with Gasteiger partial charge in [-0.3, -0.25) is 4.98 Å². The van der Waals surface area contributed by atoms with Gasteiger partial charge in [-0.25, -0.2) is 14.0 Å². The second-order valence-electron chi connectivity index (χ2n) is 4.98. The first-order valence-electron chi connectivity index (χ1n) is 6.98. The lowest BCUT2D eigenvalue weighted by molar-refractivity contribution is 0.0693. The number of rotatable bonds is 4. The van der Waals surface area contributed by atoms with Gasteiger partial charge >= 0.3 is 11.7 Å². The fourth-order valence-electron chi connectivity index (χ4n) is 2.33. The van der Waals surface area contributed by atoms with Crippen LogP contribution in [0.25, 0.3) is 17.1 Å². The summed E-state index contributed by atoms with van der Waals surface area (Å²) in [6.07, 6.45) is 0. The van der Waals surface area contributed by atoms with Gasteiger partial charge < -0.3 is 9.84 Å². The third kappa shape index (κ3) is 2.99. The van der Waals surface area contributed by atoms with Gasteiger partial charge in [-0.1, -0.05) is 17.7 Å². The van der Waals surface area contributed by atoms with Crippen molar-refractivity contribution >= 4 is 17.6 Å². The minimum atomic E-state index is -1.22. The molecule has 0 aliphatic carbocycles. The third-order valence-corrected chi connectivity index (χ3v) is 3.79. The Morgan fingerprint density at radius 1 is 1.36 bits per heavy atom. The average molecular weight is 364 g/mol. The maximum absolute atomic E-state index is 14.0. The molecule has 2 aromatic carbocycles. The molecule has 3 aromatic rings. The van der Waals surface area contributed by atoms with E-state index in [1.54, 1.807) is 0 Å². The minimum Gasteiger partial charge on any atom is -0.496 e. The van der Waals surface area contributed by atoms with E-state index in [1.165, 1.54) is 43.5 Å². The van der Waals surface area contributed by atoms with Gasteiger partial charge in [-0.15, -0.1) is 5.10 Å². The van der Waals surface area contributed by atoms with E-state index in [1.807, 2.05) is 0 Å². The molecule has 3 rings (SSSR count). The highest BCUT2D eigenvalue weighted by molar-refractivity contribution is 6.33. The van der Waals surface area contributed by atoms with Crippen LogP contribution >= 0.6 is 11.6 Å². The van der Waals surface area contributed by atoms with E-state index in [9.17, 15) is 19.1 Å². The molecule has 2 N–H and O–H groups in total. The lowest BCUT2D eigenvalue weighted by Crippen LogP contribution is -2.16. The molecule has 0 unspecified atom stereocenters. The molecule has 0 amide bonds. The molecule has 1 heterocycles. The summed E-state index contributed by atoms with van der Waals surface area (Å²) in [5.74, 6) is -1.80. The molecule has 0 fully saturated rings. The van der Waals surface area contributed by atoms with Crippen molar-refractivity contribution in [1.29, 1.82) is 0 Å². The number of carboxylic acid groups (broad SMARTS) is 1. The summed E-state index contributed by atoms with van der Waals surface area (Å²) in [6.45, 7) is 0. The van der Waals surface area contributed by atoms with Crippen molar-refractivity contribution in [2.24, 2.45) is 0 Å². The Bertz CT molecular complexity index is 1010. The molecular formula is C16H11ClFN3O4. The average Bonchev–Trinajstić information content (AvgIpc) is 2.95. The number of methoxy groups -OCH3 is 1. The first-order valence-corrected chi connectivity index (χ1v) is 7.35. The van der Waals surface area contributed by atoms with Gasteiger partial charge in [-0.05, 0) is 30.3 Å². The van der Waals surface area contributed by atoms with E-state index < -0.39 is 17.5 Å². The van der Waals surface area contributed by atoms with E-state index in [0.717, 1.165) is 4.68 Å². The first kappa shape index (κ1) is 16.7. The van der Waals surface area contributed by atoms with Gasteiger partial charge in [0.15, 0.2) is 5.82 Å². The number of aromatic amines is 1. The maximum Gasteiger partial charge on any atom is 0.348 e. The Labute approximate surface area is 145 Å². The lowest BCUT2D eigenvalue weighted by Gasteiger charge is -2.07. The zero-order valence-corrected chi connectivity index (χ0v) is 13.5. The summed E-state index contributed by atoms with van der Waals surface area (Å²) in [5.41, 5.74) is -0.679. The summed E-state index contributed by atoms with van der Waals surface area (Å²) in [5, 5.41) is 13.3. The van der Waals surface area contributed by atoms with Crippen molar-refractivity contribution in [2.75, 3.05) is 7.11 Å². The van der Waals surface area contributed by atoms with Crippen LogP contribution in [0.3, 0.4) is 0 Å². The molecule has 128 valence electrons. The second-order valence-corrected chi connectivity index (χ2v) is 5.38. The van der Waals surface area contributed by atoms with Crippen molar-refractivity contribution in [2.45, 2.75) is 0 Å². The van der Waals surface area contributed by atoms with Gasteiger partial charge in [0, 0.05) is 0 Å². The number of ether oxygens (including phenoxy) is 1. The summed E-state index contributed by atoms with van der Waals surface area (Å²) < 4.78 is 19.9. The number of H-pyrrole nitrogens is 1. The van der Waals surface area contributed by atoms with Crippen LogP contribution in [0.4, 0.5) is 4.39 Å². The molecule has 0 saturated carbocycles. The van der Waals surface area contributed by atoms with Crippen LogP contribution in [-0.2, 0) is 0 Å². The molecule has 0 atom stereocenters. The number of benzene rings is 2. The number of nitrogens with zero attached hydrogens (tertiary/aromatic N) is 2. The zero-order valence-electron chi connectivity index (χ0n) is 12.8. The fourth-order valence-corrected chi connectivity index (χ4v) is 2.58. The molecule has 7 nitrogen and oxygen atoms in total. The Morgan fingerprint density at radius 3 is 2.76 bits per heavy atom. The smallest absolute Gasteiger partial charge is 0.348 e. The van der Waals surface area contributed by atoms with Crippen LogP contribution in [-0.4, -0.2) is 33.0 Å². The predicted molar refractivity (Wildman–Crippen MR) is 88.1 cm³/mol. The van der Waals surface area contributed by atoms with Crippen molar-refractivity contribution in [3.63, 3.8) is 0 Å². The Kier molecular flexibility index (Phi) is 4.28.